The van der Waals surface area contributed by atoms with Gasteiger partial charge in [0.25, 0.3) is 5.91 Å². The van der Waals surface area contributed by atoms with Crippen molar-refractivity contribution in [2.45, 2.75) is 33.2 Å². The molecule has 0 heterocycles. The number of Topliss-reactive ketones (excluding diaryl/α,β-unsaturated/α-hetero) is 2. The number of phenols is 2. The second kappa shape index (κ2) is 6.06. The van der Waals surface area contributed by atoms with Crippen molar-refractivity contribution in [1.82, 2.24) is 0 Å². The molecular weight excluding hydrogens is 388 g/mol. The van der Waals surface area contributed by atoms with Crippen LogP contribution in [0.15, 0.2) is 23.5 Å². The Labute approximate surface area is 171 Å². The maximum atomic E-state index is 13.7. The van der Waals surface area contributed by atoms with E-state index < -0.39 is 51.9 Å². The highest BCUT2D eigenvalue weighted by atomic mass is 16.3. The molecule has 0 saturated heterocycles. The standard InChI is InChI=1S/C22H22N2O6/c1-7-4-5-9-8(2)10-6-11-15(23)18(27)14(21(24)30)20(29)22(11,3)19(28)13(10)17(26)12(9)16(7)25/h4-5,11,15,25-26,29H,6,23H2,1-3H3,(H2,24,30)/t11?,15-,22?/m1/s1. The topological polar surface area (TPSA) is 164 Å². The number of carbonyl (C=O) groups is 3. The molecule has 2 unspecified atom stereocenters. The van der Waals surface area contributed by atoms with Crippen molar-refractivity contribution in [3.05, 3.63) is 45.7 Å². The van der Waals surface area contributed by atoms with Crippen LogP contribution in [0.5, 0.6) is 11.5 Å². The SMILES string of the molecule is Cc1ccc2c(C)c3c(c(O)c2c1O)C(=O)C1(C)C(O)=C(C(N)=O)C(=O)[C@H](N)C1C3. The zero-order valence-corrected chi connectivity index (χ0v) is 16.7. The molecule has 0 saturated carbocycles. The average Bonchev–Trinajstić information content (AvgIpc) is 2.68. The molecule has 0 spiro atoms. The number of aliphatic hydroxyl groups is 1. The molecule has 4 rings (SSSR count). The van der Waals surface area contributed by atoms with E-state index in [0.29, 0.717) is 22.1 Å². The minimum Gasteiger partial charge on any atom is -0.510 e. The first-order valence-corrected chi connectivity index (χ1v) is 9.49. The zero-order chi connectivity index (χ0) is 22.3. The molecule has 1 amide bonds. The first kappa shape index (κ1) is 19.9. The number of aromatic hydroxyl groups is 2. The summed E-state index contributed by atoms with van der Waals surface area (Å²) >= 11 is 0. The number of aryl methyl sites for hydroxylation is 2. The lowest BCUT2D eigenvalue weighted by Gasteiger charge is -2.46. The minimum atomic E-state index is -1.72. The molecule has 0 aliphatic heterocycles. The van der Waals surface area contributed by atoms with Crippen molar-refractivity contribution in [2.75, 3.05) is 0 Å². The second-order valence-electron chi connectivity index (χ2n) is 8.30. The summed E-state index contributed by atoms with van der Waals surface area (Å²) in [6.45, 7) is 4.82. The molecule has 0 radical (unpaired) electrons. The number of aliphatic hydroxyl groups excluding tert-OH is 1. The number of benzene rings is 2. The summed E-state index contributed by atoms with van der Waals surface area (Å²) in [6.07, 6.45) is 0.116. The number of allylic oxidation sites excluding steroid dienone is 1. The van der Waals surface area contributed by atoms with E-state index in [9.17, 15) is 29.7 Å². The molecule has 0 bridgehead atoms. The van der Waals surface area contributed by atoms with Gasteiger partial charge in [0.05, 0.1) is 22.4 Å². The lowest BCUT2D eigenvalue weighted by molar-refractivity contribution is -0.124. The summed E-state index contributed by atoms with van der Waals surface area (Å²) in [5, 5.41) is 33.1. The Kier molecular flexibility index (Phi) is 4.02. The van der Waals surface area contributed by atoms with Crippen LogP contribution in [0, 0.1) is 25.2 Å². The van der Waals surface area contributed by atoms with Gasteiger partial charge in [-0.15, -0.1) is 0 Å². The van der Waals surface area contributed by atoms with Crippen molar-refractivity contribution in [3.63, 3.8) is 0 Å². The van der Waals surface area contributed by atoms with Crippen LogP contribution in [0.25, 0.3) is 10.8 Å². The molecule has 0 fully saturated rings. The van der Waals surface area contributed by atoms with Gasteiger partial charge in [-0.05, 0) is 49.3 Å². The van der Waals surface area contributed by atoms with Crippen molar-refractivity contribution >= 4 is 28.2 Å². The van der Waals surface area contributed by atoms with E-state index in [-0.39, 0.29) is 23.1 Å². The number of carbonyl (C=O) groups excluding carboxylic acids is 3. The molecular formula is C22H22N2O6. The molecule has 30 heavy (non-hydrogen) atoms. The molecule has 0 aromatic heterocycles. The summed E-state index contributed by atoms with van der Waals surface area (Å²) in [5.41, 5.74) is 10.6. The van der Waals surface area contributed by atoms with Gasteiger partial charge in [0.1, 0.15) is 22.8 Å². The summed E-state index contributed by atoms with van der Waals surface area (Å²) in [5.74, 6) is -4.78. The van der Waals surface area contributed by atoms with Crippen LogP contribution in [-0.4, -0.2) is 38.8 Å². The number of primary amides is 1. The Bertz CT molecular complexity index is 1230. The Hall–Kier alpha value is -3.39. The van der Waals surface area contributed by atoms with E-state index in [1.165, 1.54) is 6.92 Å². The molecule has 2 aliphatic carbocycles. The summed E-state index contributed by atoms with van der Waals surface area (Å²) in [6, 6.07) is 2.22. The van der Waals surface area contributed by atoms with Gasteiger partial charge in [0.15, 0.2) is 11.6 Å². The number of fused-ring (bicyclic) bond motifs is 3. The van der Waals surface area contributed by atoms with Crippen molar-refractivity contribution < 1.29 is 29.7 Å². The highest BCUT2D eigenvalue weighted by Gasteiger charge is 2.59. The first-order valence-electron chi connectivity index (χ1n) is 9.49. The van der Waals surface area contributed by atoms with Gasteiger partial charge in [-0.3, -0.25) is 14.4 Å². The third kappa shape index (κ3) is 2.16. The Morgan fingerprint density at radius 3 is 2.37 bits per heavy atom. The molecule has 3 atom stereocenters. The summed E-state index contributed by atoms with van der Waals surface area (Å²) in [7, 11) is 0. The first-order chi connectivity index (χ1) is 13.9. The third-order valence-corrected chi connectivity index (χ3v) is 6.83. The van der Waals surface area contributed by atoms with Gasteiger partial charge in [0.2, 0.25) is 0 Å². The fourth-order valence-corrected chi connectivity index (χ4v) is 4.95. The fourth-order valence-electron chi connectivity index (χ4n) is 4.95. The van der Waals surface area contributed by atoms with E-state index in [4.69, 9.17) is 11.5 Å². The van der Waals surface area contributed by atoms with Crippen molar-refractivity contribution in [3.8, 4) is 11.5 Å². The normalized spacial score (nSPS) is 26.0. The van der Waals surface area contributed by atoms with Crippen LogP contribution in [0.4, 0.5) is 0 Å². The number of phenolic OH excluding ortho intramolecular Hbond substituents is 2. The molecule has 7 N–H and O–H groups in total. The molecule has 8 nitrogen and oxygen atoms in total. The third-order valence-electron chi connectivity index (χ3n) is 6.83. The number of hydrogen-bond donors (Lipinski definition) is 5. The van der Waals surface area contributed by atoms with Gasteiger partial charge in [-0.25, -0.2) is 0 Å². The van der Waals surface area contributed by atoms with Crippen molar-refractivity contribution in [1.29, 1.82) is 0 Å². The number of nitrogens with two attached hydrogens (primary N) is 2. The van der Waals surface area contributed by atoms with Gasteiger partial charge < -0.3 is 26.8 Å². The predicted molar refractivity (Wildman–Crippen MR) is 108 cm³/mol. The smallest absolute Gasteiger partial charge is 0.255 e. The second-order valence-corrected chi connectivity index (χ2v) is 8.30. The summed E-state index contributed by atoms with van der Waals surface area (Å²) in [4.78, 5) is 38.1. The number of ketones is 2. The maximum absolute atomic E-state index is 13.7. The van der Waals surface area contributed by atoms with E-state index >= 15 is 0 Å². The van der Waals surface area contributed by atoms with Crippen LogP contribution in [0.2, 0.25) is 0 Å². The molecule has 2 aromatic carbocycles. The number of rotatable bonds is 1. The number of hydrogen-bond acceptors (Lipinski definition) is 7. The van der Waals surface area contributed by atoms with Crippen LogP contribution < -0.4 is 11.5 Å². The lowest BCUT2D eigenvalue weighted by Crippen LogP contribution is -2.58. The number of amides is 1. The van der Waals surface area contributed by atoms with Crippen molar-refractivity contribution in [2.24, 2.45) is 22.8 Å². The average molecular weight is 410 g/mol. The van der Waals surface area contributed by atoms with E-state index in [1.54, 1.807) is 26.0 Å². The molecule has 2 aliphatic rings. The van der Waals surface area contributed by atoms with E-state index in [1.807, 2.05) is 0 Å². The largest absolute Gasteiger partial charge is 0.510 e. The highest BCUT2D eigenvalue weighted by Crippen LogP contribution is 2.54. The van der Waals surface area contributed by atoms with Crippen LogP contribution >= 0.6 is 0 Å². The van der Waals surface area contributed by atoms with Gasteiger partial charge >= 0.3 is 0 Å². The summed E-state index contributed by atoms with van der Waals surface area (Å²) < 4.78 is 0. The Morgan fingerprint density at radius 2 is 1.77 bits per heavy atom. The molecule has 156 valence electrons. The van der Waals surface area contributed by atoms with Crippen LogP contribution in [-0.2, 0) is 16.0 Å². The van der Waals surface area contributed by atoms with Crippen LogP contribution in [0.1, 0.15) is 34.0 Å². The minimum absolute atomic E-state index is 0.0587. The quantitative estimate of drug-likeness (QED) is 0.444. The Balaban J connectivity index is 2.11. The monoisotopic (exact) mass is 410 g/mol. The Morgan fingerprint density at radius 1 is 1.13 bits per heavy atom. The molecule has 2 aromatic rings. The highest BCUT2D eigenvalue weighted by molar-refractivity contribution is 6.24. The maximum Gasteiger partial charge on any atom is 0.255 e. The predicted octanol–water partition coefficient (Wildman–Crippen LogP) is 1.44. The fraction of sp³-hybridized carbons (Fsp3) is 0.318. The van der Waals surface area contributed by atoms with E-state index in [2.05, 4.69) is 0 Å². The van der Waals surface area contributed by atoms with Gasteiger partial charge in [0, 0.05) is 5.92 Å². The van der Waals surface area contributed by atoms with Gasteiger partial charge in [-0.1, -0.05) is 12.1 Å². The van der Waals surface area contributed by atoms with Gasteiger partial charge in [-0.2, -0.15) is 0 Å². The zero-order valence-electron chi connectivity index (χ0n) is 16.7. The molecule has 8 heteroatoms. The van der Waals surface area contributed by atoms with Crippen LogP contribution in [0.3, 0.4) is 0 Å². The van der Waals surface area contributed by atoms with E-state index in [0.717, 1.165) is 0 Å². The lowest BCUT2D eigenvalue weighted by atomic mass is 9.56.